The Labute approximate surface area is 116 Å². The molecule has 2 rings (SSSR count). The van der Waals surface area contributed by atoms with E-state index in [2.05, 4.69) is 5.32 Å². The molecule has 1 fully saturated rings. The van der Waals surface area contributed by atoms with Gasteiger partial charge in [0.25, 0.3) is 0 Å². The number of hydrogen-bond acceptors (Lipinski definition) is 3. The summed E-state index contributed by atoms with van der Waals surface area (Å²) in [5, 5.41) is 3.40. The van der Waals surface area contributed by atoms with Gasteiger partial charge in [0.05, 0.1) is 6.61 Å². The lowest BCUT2D eigenvalue weighted by atomic mass is 9.99. The summed E-state index contributed by atoms with van der Waals surface area (Å²) in [6.07, 6.45) is 5.38. The van der Waals surface area contributed by atoms with E-state index in [-0.39, 0.29) is 0 Å². The molecule has 1 aliphatic carbocycles. The van der Waals surface area contributed by atoms with E-state index in [0.29, 0.717) is 12.6 Å². The molecule has 1 aromatic carbocycles. The summed E-state index contributed by atoms with van der Waals surface area (Å²) in [7, 11) is 2.03. The molecule has 0 bridgehead atoms. The maximum atomic E-state index is 5.92. The molecule has 0 saturated heterocycles. The van der Waals surface area contributed by atoms with Crippen LogP contribution in [0.15, 0.2) is 24.3 Å². The van der Waals surface area contributed by atoms with E-state index in [1.54, 1.807) is 0 Å². The fourth-order valence-electron chi connectivity index (χ4n) is 2.82. The highest BCUT2D eigenvalue weighted by Gasteiger charge is 2.24. The van der Waals surface area contributed by atoms with E-state index < -0.39 is 0 Å². The van der Waals surface area contributed by atoms with Crippen LogP contribution in [0.4, 0.5) is 0 Å². The third kappa shape index (κ3) is 4.13. The lowest BCUT2D eigenvalue weighted by Gasteiger charge is -2.23. The lowest BCUT2D eigenvalue weighted by molar-refractivity contribution is 0.224. The van der Waals surface area contributed by atoms with Crippen LogP contribution in [-0.2, 0) is 0 Å². The Morgan fingerprint density at radius 1 is 1.21 bits per heavy atom. The van der Waals surface area contributed by atoms with Crippen molar-refractivity contribution in [2.24, 2.45) is 5.92 Å². The molecule has 3 nitrogen and oxygen atoms in total. The number of hydrogen-bond donors (Lipinski definition) is 1. The number of ether oxygens (including phenoxy) is 2. The van der Waals surface area contributed by atoms with Crippen molar-refractivity contribution >= 4 is 0 Å². The topological polar surface area (TPSA) is 30.5 Å². The van der Waals surface area contributed by atoms with Gasteiger partial charge in [-0.3, -0.25) is 0 Å². The van der Waals surface area contributed by atoms with Gasteiger partial charge < -0.3 is 14.8 Å². The van der Waals surface area contributed by atoms with Gasteiger partial charge in [0.1, 0.15) is 18.1 Å². The van der Waals surface area contributed by atoms with Gasteiger partial charge >= 0.3 is 0 Å². The zero-order chi connectivity index (χ0) is 13.5. The molecule has 3 heteroatoms. The Bertz CT molecular complexity index is 375. The summed E-state index contributed by atoms with van der Waals surface area (Å²) >= 11 is 0. The average Bonchev–Trinajstić information content (AvgIpc) is 2.94. The minimum atomic E-state index is 0.457. The first kappa shape index (κ1) is 14.2. The standard InChI is InChI=1S/C16H25NO2/c1-3-18-14-9-6-10-15(11-14)19-12-16(17-2)13-7-4-5-8-13/h6,9-11,13,16-17H,3-5,7-8,12H2,1-2H3. The maximum absolute atomic E-state index is 5.92. The molecule has 106 valence electrons. The van der Waals surface area contributed by atoms with E-state index in [9.17, 15) is 0 Å². The molecule has 0 spiro atoms. The summed E-state index contributed by atoms with van der Waals surface area (Å²) in [6.45, 7) is 3.41. The number of likely N-dealkylation sites (N-methyl/N-ethyl adjacent to an activating group) is 1. The molecule has 19 heavy (non-hydrogen) atoms. The van der Waals surface area contributed by atoms with Crippen molar-refractivity contribution in [2.75, 3.05) is 20.3 Å². The van der Waals surface area contributed by atoms with Crippen LogP contribution in [0.2, 0.25) is 0 Å². The predicted octanol–water partition coefficient (Wildman–Crippen LogP) is 3.24. The highest BCUT2D eigenvalue weighted by atomic mass is 16.5. The van der Waals surface area contributed by atoms with Crippen molar-refractivity contribution in [3.63, 3.8) is 0 Å². The monoisotopic (exact) mass is 263 g/mol. The summed E-state index contributed by atoms with van der Waals surface area (Å²) in [5.41, 5.74) is 0. The third-order valence-electron chi connectivity index (χ3n) is 3.89. The van der Waals surface area contributed by atoms with E-state index in [1.165, 1.54) is 25.7 Å². The highest BCUT2D eigenvalue weighted by molar-refractivity contribution is 5.32. The van der Waals surface area contributed by atoms with E-state index in [0.717, 1.165) is 24.0 Å². The molecular formula is C16H25NO2. The molecule has 1 saturated carbocycles. The van der Waals surface area contributed by atoms with Gasteiger partial charge in [0.15, 0.2) is 0 Å². The molecule has 0 amide bonds. The molecule has 0 heterocycles. The Morgan fingerprint density at radius 3 is 2.53 bits per heavy atom. The third-order valence-corrected chi connectivity index (χ3v) is 3.89. The summed E-state index contributed by atoms with van der Waals surface area (Å²) < 4.78 is 11.4. The summed E-state index contributed by atoms with van der Waals surface area (Å²) in [4.78, 5) is 0. The molecule has 1 aromatic rings. The normalized spacial score (nSPS) is 17.4. The Kier molecular flexibility index (Phi) is 5.52. The zero-order valence-electron chi connectivity index (χ0n) is 12.0. The van der Waals surface area contributed by atoms with Crippen LogP contribution >= 0.6 is 0 Å². The van der Waals surface area contributed by atoms with Crippen molar-refractivity contribution in [3.05, 3.63) is 24.3 Å². The fraction of sp³-hybridized carbons (Fsp3) is 0.625. The lowest BCUT2D eigenvalue weighted by Crippen LogP contribution is -2.37. The molecule has 1 unspecified atom stereocenters. The Hall–Kier alpha value is -1.22. The van der Waals surface area contributed by atoms with Crippen LogP contribution in [0, 0.1) is 5.92 Å². The van der Waals surface area contributed by atoms with Gasteiger partial charge in [-0.15, -0.1) is 0 Å². The fourth-order valence-corrected chi connectivity index (χ4v) is 2.82. The second-order valence-corrected chi connectivity index (χ2v) is 5.16. The van der Waals surface area contributed by atoms with E-state index in [1.807, 2.05) is 38.2 Å². The van der Waals surface area contributed by atoms with Gasteiger partial charge in [0, 0.05) is 12.1 Å². The van der Waals surface area contributed by atoms with Gasteiger partial charge in [-0.1, -0.05) is 18.9 Å². The second kappa shape index (κ2) is 7.39. The van der Waals surface area contributed by atoms with Crippen molar-refractivity contribution in [3.8, 4) is 11.5 Å². The molecule has 1 aliphatic rings. The van der Waals surface area contributed by atoms with Gasteiger partial charge in [-0.05, 0) is 44.9 Å². The summed E-state index contributed by atoms with van der Waals surface area (Å²) in [6, 6.07) is 8.35. The molecule has 0 radical (unpaired) electrons. The number of nitrogens with one attached hydrogen (secondary N) is 1. The van der Waals surface area contributed by atoms with Crippen LogP contribution in [0.5, 0.6) is 11.5 Å². The van der Waals surface area contributed by atoms with Crippen LogP contribution < -0.4 is 14.8 Å². The molecule has 0 aromatic heterocycles. The van der Waals surface area contributed by atoms with Crippen LogP contribution in [0.25, 0.3) is 0 Å². The van der Waals surface area contributed by atoms with Gasteiger partial charge in [-0.25, -0.2) is 0 Å². The van der Waals surface area contributed by atoms with E-state index in [4.69, 9.17) is 9.47 Å². The summed E-state index contributed by atoms with van der Waals surface area (Å²) in [5.74, 6) is 2.53. The smallest absolute Gasteiger partial charge is 0.123 e. The minimum Gasteiger partial charge on any atom is -0.494 e. The zero-order valence-corrected chi connectivity index (χ0v) is 12.0. The predicted molar refractivity (Wildman–Crippen MR) is 77.9 cm³/mol. The van der Waals surface area contributed by atoms with Crippen molar-refractivity contribution in [1.82, 2.24) is 5.32 Å². The first-order valence-electron chi connectivity index (χ1n) is 7.36. The molecule has 1 atom stereocenters. The quantitative estimate of drug-likeness (QED) is 0.819. The average molecular weight is 263 g/mol. The Morgan fingerprint density at radius 2 is 1.89 bits per heavy atom. The van der Waals surface area contributed by atoms with E-state index >= 15 is 0 Å². The molecule has 1 N–H and O–H groups in total. The van der Waals surface area contributed by atoms with Crippen molar-refractivity contribution in [2.45, 2.75) is 38.6 Å². The van der Waals surface area contributed by atoms with Gasteiger partial charge in [0.2, 0.25) is 0 Å². The number of rotatable bonds is 7. The molecule has 0 aliphatic heterocycles. The number of benzene rings is 1. The minimum absolute atomic E-state index is 0.457. The second-order valence-electron chi connectivity index (χ2n) is 5.16. The van der Waals surface area contributed by atoms with Crippen LogP contribution in [0.3, 0.4) is 0 Å². The SMILES string of the molecule is CCOc1cccc(OCC(NC)C2CCCC2)c1. The molecular weight excluding hydrogens is 238 g/mol. The highest BCUT2D eigenvalue weighted by Crippen LogP contribution is 2.28. The van der Waals surface area contributed by atoms with Crippen LogP contribution in [0.1, 0.15) is 32.6 Å². The van der Waals surface area contributed by atoms with Crippen molar-refractivity contribution < 1.29 is 9.47 Å². The van der Waals surface area contributed by atoms with Crippen LogP contribution in [-0.4, -0.2) is 26.3 Å². The van der Waals surface area contributed by atoms with Gasteiger partial charge in [-0.2, -0.15) is 0 Å². The van der Waals surface area contributed by atoms with Crippen molar-refractivity contribution in [1.29, 1.82) is 0 Å². The maximum Gasteiger partial charge on any atom is 0.123 e. The Balaban J connectivity index is 1.87. The first-order chi connectivity index (χ1) is 9.33. The largest absolute Gasteiger partial charge is 0.494 e. The first-order valence-corrected chi connectivity index (χ1v) is 7.36.